The van der Waals surface area contributed by atoms with Crippen molar-refractivity contribution >= 4 is 12.7 Å². The first-order valence-corrected chi connectivity index (χ1v) is 6.80. The Labute approximate surface area is 119 Å². The number of aromatic nitrogens is 1. The van der Waals surface area contributed by atoms with Gasteiger partial charge in [0.2, 0.25) is 0 Å². The van der Waals surface area contributed by atoms with Crippen LogP contribution in [0.3, 0.4) is 0 Å². The normalized spacial score (nSPS) is 22.1. The van der Waals surface area contributed by atoms with E-state index in [4.69, 9.17) is 9.31 Å². The number of nitrogens with zero attached hydrogens (tertiary/aromatic N) is 1. The van der Waals surface area contributed by atoms with Gasteiger partial charge in [0.15, 0.2) is 0 Å². The monoisotopic (exact) mass is 281 g/mol. The second-order valence-corrected chi connectivity index (χ2v) is 6.34. The van der Waals surface area contributed by atoms with Gasteiger partial charge in [-0.25, -0.2) is 4.39 Å². The van der Waals surface area contributed by atoms with Crippen molar-refractivity contribution in [2.45, 2.75) is 58.3 Å². The Hall–Kier alpha value is -0.975. The van der Waals surface area contributed by atoms with Crippen molar-refractivity contribution in [3.05, 3.63) is 23.6 Å². The van der Waals surface area contributed by atoms with E-state index in [1.807, 2.05) is 27.7 Å². The fourth-order valence-electron chi connectivity index (χ4n) is 2.04. The van der Waals surface area contributed by atoms with E-state index in [1.54, 1.807) is 6.92 Å². The summed E-state index contributed by atoms with van der Waals surface area (Å²) >= 11 is 0. The van der Waals surface area contributed by atoms with Crippen LogP contribution in [0.5, 0.6) is 0 Å². The van der Waals surface area contributed by atoms with E-state index in [9.17, 15) is 9.50 Å². The number of aliphatic hydroxyl groups excluding tert-OH is 1. The molecule has 2 rings (SSSR count). The molecular weight excluding hydrogens is 260 g/mol. The number of pyridine rings is 1. The Bertz CT molecular complexity index is 489. The molecule has 1 aromatic heterocycles. The summed E-state index contributed by atoms with van der Waals surface area (Å²) in [6.45, 7) is 9.36. The number of rotatable bonds is 3. The Morgan fingerprint density at radius 2 is 1.85 bits per heavy atom. The molecule has 1 N–H and O–H groups in total. The number of halogens is 1. The fraction of sp³-hybridized carbons (Fsp3) is 0.643. The molecule has 0 aliphatic carbocycles. The third-order valence-electron chi connectivity index (χ3n) is 3.96. The van der Waals surface area contributed by atoms with Crippen LogP contribution in [-0.4, -0.2) is 34.5 Å². The van der Waals surface area contributed by atoms with E-state index < -0.39 is 30.2 Å². The van der Waals surface area contributed by atoms with Crippen LogP contribution < -0.4 is 5.59 Å². The number of hydrogen-bond acceptors (Lipinski definition) is 4. The minimum absolute atomic E-state index is 0.239. The Morgan fingerprint density at radius 3 is 2.30 bits per heavy atom. The van der Waals surface area contributed by atoms with Crippen molar-refractivity contribution < 1.29 is 18.8 Å². The van der Waals surface area contributed by atoms with Gasteiger partial charge in [-0.15, -0.1) is 0 Å². The average molecular weight is 281 g/mol. The van der Waals surface area contributed by atoms with Crippen molar-refractivity contribution in [1.82, 2.24) is 4.98 Å². The first kappa shape index (κ1) is 15.4. The quantitative estimate of drug-likeness (QED) is 0.852. The van der Waals surface area contributed by atoms with Gasteiger partial charge in [-0.3, -0.25) is 4.98 Å². The highest BCUT2D eigenvalue weighted by Gasteiger charge is 2.52. The minimum atomic E-state index is -0.671. The second-order valence-electron chi connectivity index (χ2n) is 6.34. The van der Waals surface area contributed by atoms with Crippen molar-refractivity contribution in [3.8, 4) is 0 Å². The summed E-state index contributed by atoms with van der Waals surface area (Å²) in [4.78, 5) is 4.20. The summed E-state index contributed by atoms with van der Waals surface area (Å²) in [7, 11) is -0.671. The lowest BCUT2D eigenvalue weighted by atomic mass is 9.84. The molecule has 1 unspecified atom stereocenters. The maximum Gasteiger partial charge on any atom is 0.514 e. The summed E-state index contributed by atoms with van der Waals surface area (Å²) in [6, 6.07) is 1.32. The van der Waals surface area contributed by atoms with E-state index in [0.29, 0.717) is 11.2 Å². The van der Waals surface area contributed by atoms with E-state index in [-0.39, 0.29) is 6.42 Å². The van der Waals surface area contributed by atoms with Crippen LogP contribution in [0, 0.1) is 5.82 Å². The third-order valence-corrected chi connectivity index (χ3v) is 3.96. The number of aliphatic hydroxyl groups is 1. The zero-order valence-corrected chi connectivity index (χ0v) is 12.6. The summed E-state index contributed by atoms with van der Waals surface area (Å²) in [6.07, 6.45) is 1.07. The Kier molecular flexibility index (Phi) is 3.93. The van der Waals surface area contributed by atoms with Gasteiger partial charge in [-0.2, -0.15) is 0 Å². The third kappa shape index (κ3) is 2.87. The smallest absolute Gasteiger partial charge is 0.398 e. The lowest BCUT2D eigenvalue weighted by molar-refractivity contribution is 0.00578. The van der Waals surface area contributed by atoms with Crippen LogP contribution in [0.25, 0.3) is 0 Å². The van der Waals surface area contributed by atoms with Gasteiger partial charge in [0.25, 0.3) is 0 Å². The molecule has 0 aromatic carbocycles. The SMILES string of the molecule is CC(O)Cc1cnc(B2OC(C)(C)C(C)(C)O2)cc1F. The molecule has 0 saturated carbocycles. The van der Waals surface area contributed by atoms with Crippen molar-refractivity contribution in [2.24, 2.45) is 0 Å². The van der Waals surface area contributed by atoms with Gasteiger partial charge >= 0.3 is 7.12 Å². The molecule has 1 aromatic rings. The van der Waals surface area contributed by atoms with E-state index in [0.717, 1.165) is 0 Å². The lowest BCUT2D eigenvalue weighted by Crippen LogP contribution is -2.41. The molecule has 110 valence electrons. The van der Waals surface area contributed by atoms with Crippen LogP contribution in [-0.2, 0) is 15.7 Å². The zero-order chi connectivity index (χ0) is 15.1. The molecule has 6 heteroatoms. The molecule has 1 aliphatic heterocycles. The van der Waals surface area contributed by atoms with Gasteiger partial charge in [-0.05, 0) is 40.7 Å². The fourth-order valence-corrected chi connectivity index (χ4v) is 2.04. The van der Waals surface area contributed by atoms with Gasteiger partial charge < -0.3 is 14.4 Å². The summed E-state index contributed by atoms with van der Waals surface area (Å²) < 4.78 is 25.6. The maximum atomic E-state index is 14.0. The molecule has 1 fully saturated rings. The molecule has 2 heterocycles. The summed E-state index contributed by atoms with van der Waals surface area (Å²) in [5, 5.41) is 9.30. The topological polar surface area (TPSA) is 51.6 Å². The average Bonchev–Trinajstić information content (AvgIpc) is 2.50. The van der Waals surface area contributed by atoms with Gasteiger partial charge in [0.05, 0.1) is 22.9 Å². The molecule has 20 heavy (non-hydrogen) atoms. The molecular formula is C14H21BFNO3. The van der Waals surface area contributed by atoms with Crippen molar-refractivity contribution in [3.63, 3.8) is 0 Å². The summed E-state index contributed by atoms with van der Waals surface area (Å²) in [5.41, 5.74) is -0.155. The highest BCUT2D eigenvalue weighted by Crippen LogP contribution is 2.36. The summed E-state index contributed by atoms with van der Waals surface area (Å²) in [5.74, 6) is -0.398. The molecule has 0 radical (unpaired) electrons. The van der Waals surface area contributed by atoms with Crippen LogP contribution in [0.4, 0.5) is 4.39 Å². The lowest BCUT2D eigenvalue weighted by Gasteiger charge is -2.32. The highest BCUT2D eigenvalue weighted by molar-refractivity contribution is 6.61. The van der Waals surface area contributed by atoms with Crippen molar-refractivity contribution in [1.29, 1.82) is 0 Å². The Balaban J connectivity index is 2.22. The Morgan fingerprint density at radius 1 is 1.30 bits per heavy atom. The molecule has 1 saturated heterocycles. The molecule has 4 nitrogen and oxygen atoms in total. The first-order valence-electron chi connectivity index (χ1n) is 6.80. The maximum absolute atomic E-state index is 14.0. The molecule has 1 atom stereocenters. The largest absolute Gasteiger partial charge is 0.514 e. The molecule has 0 spiro atoms. The van der Waals surface area contributed by atoms with Crippen LogP contribution in [0.15, 0.2) is 12.3 Å². The number of hydrogen-bond donors (Lipinski definition) is 1. The second kappa shape index (κ2) is 5.09. The van der Waals surface area contributed by atoms with E-state index in [2.05, 4.69) is 4.98 Å². The van der Waals surface area contributed by atoms with Gasteiger partial charge in [-0.1, -0.05) is 0 Å². The van der Waals surface area contributed by atoms with Crippen LogP contribution in [0.1, 0.15) is 40.2 Å². The zero-order valence-electron chi connectivity index (χ0n) is 12.6. The van der Waals surface area contributed by atoms with Gasteiger partial charge in [0.1, 0.15) is 5.82 Å². The predicted octanol–water partition coefficient (Wildman–Crippen LogP) is 1.44. The standard InChI is InChI=1S/C14H21BFNO3/c1-9(18)6-10-8-17-12(7-11(10)16)15-19-13(2,3)14(4,5)20-15/h7-9,18H,6H2,1-5H3. The molecule has 0 amide bonds. The minimum Gasteiger partial charge on any atom is -0.398 e. The van der Waals surface area contributed by atoms with Crippen LogP contribution >= 0.6 is 0 Å². The first-order chi connectivity index (χ1) is 9.12. The van der Waals surface area contributed by atoms with Crippen LogP contribution in [0.2, 0.25) is 0 Å². The molecule has 1 aliphatic rings. The van der Waals surface area contributed by atoms with Crippen molar-refractivity contribution in [2.75, 3.05) is 0 Å². The highest BCUT2D eigenvalue weighted by atomic mass is 19.1. The predicted molar refractivity (Wildman–Crippen MR) is 75.3 cm³/mol. The van der Waals surface area contributed by atoms with E-state index >= 15 is 0 Å². The molecule has 0 bridgehead atoms. The van der Waals surface area contributed by atoms with Gasteiger partial charge in [0, 0.05) is 18.2 Å². The van der Waals surface area contributed by atoms with E-state index in [1.165, 1.54) is 12.3 Å².